The minimum absolute atomic E-state index is 0.225. The van der Waals surface area contributed by atoms with E-state index in [0.29, 0.717) is 12.3 Å². The van der Waals surface area contributed by atoms with Crippen molar-refractivity contribution >= 4 is 12.2 Å². The molecule has 0 aromatic carbocycles. The molecule has 1 amide bonds. The van der Waals surface area contributed by atoms with Crippen molar-refractivity contribution in [3.8, 4) is 0 Å². The zero-order valence-electron chi connectivity index (χ0n) is 7.66. The predicted molar refractivity (Wildman–Crippen MR) is 49.7 cm³/mol. The molecular formula is C8H15N3O. The van der Waals surface area contributed by atoms with Crippen molar-refractivity contribution in [1.82, 2.24) is 5.32 Å². The molecule has 0 fully saturated rings. The normalized spacial score (nSPS) is 13.3. The molecule has 0 aromatic heterocycles. The summed E-state index contributed by atoms with van der Waals surface area (Å²) in [4.78, 5) is 13.3. The second kappa shape index (κ2) is 5.35. The highest BCUT2D eigenvalue weighted by Crippen LogP contribution is 2.03. The summed E-state index contributed by atoms with van der Waals surface area (Å²) in [5.41, 5.74) is 6.36. The molecule has 4 heteroatoms. The molecule has 0 spiro atoms. The van der Waals surface area contributed by atoms with E-state index in [9.17, 15) is 4.79 Å². The van der Waals surface area contributed by atoms with Crippen molar-refractivity contribution in [1.29, 1.82) is 0 Å². The van der Waals surface area contributed by atoms with Crippen molar-refractivity contribution in [3.05, 3.63) is 11.8 Å². The van der Waals surface area contributed by atoms with Crippen LogP contribution in [0.2, 0.25) is 0 Å². The first-order valence-corrected chi connectivity index (χ1v) is 3.78. The maximum absolute atomic E-state index is 9.94. The number of amides is 1. The summed E-state index contributed by atoms with van der Waals surface area (Å²) < 4.78 is 0. The molecule has 3 N–H and O–H groups in total. The van der Waals surface area contributed by atoms with E-state index in [2.05, 4.69) is 10.3 Å². The summed E-state index contributed by atoms with van der Waals surface area (Å²) >= 11 is 0. The first-order chi connectivity index (χ1) is 5.61. The minimum atomic E-state index is 0.225. The Hall–Kier alpha value is -1.32. The number of hydrogen-bond donors (Lipinski definition) is 2. The van der Waals surface area contributed by atoms with Crippen LogP contribution < -0.4 is 11.1 Å². The highest BCUT2D eigenvalue weighted by molar-refractivity contribution is 5.95. The van der Waals surface area contributed by atoms with Gasteiger partial charge in [-0.1, -0.05) is 13.8 Å². The van der Waals surface area contributed by atoms with E-state index in [1.807, 2.05) is 13.8 Å². The van der Waals surface area contributed by atoms with Gasteiger partial charge in [0.25, 0.3) is 0 Å². The fourth-order valence-electron chi connectivity index (χ4n) is 0.785. The van der Waals surface area contributed by atoms with Crippen molar-refractivity contribution in [2.45, 2.75) is 13.8 Å². The van der Waals surface area contributed by atoms with Crippen LogP contribution in [0, 0.1) is 5.92 Å². The molecule has 0 heterocycles. The zero-order chi connectivity index (χ0) is 9.56. The number of aliphatic imine (C=N–C) groups is 1. The molecule has 12 heavy (non-hydrogen) atoms. The Morgan fingerprint density at radius 2 is 2.17 bits per heavy atom. The van der Waals surface area contributed by atoms with E-state index in [4.69, 9.17) is 5.73 Å². The summed E-state index contributed by atoms with van der Waals surface area (Å²) in [5.74, 6) is 0.568. The zero-order valence-corrected chi connectivity index (χ0v) is 7.66. The lowest BCUT2D eigenvalue weighted by Gasteiger charge is -2.09. The summed E-state index contributed by atoms with van der Waals surface area (Å²) in [6.45, 7) is 4.05. The van der Waals surface area contributed by atoms with Crippen LogP contribution in [0.15, 0.2) is 16.8 Å². The van der Waals surface area contributed by atoms with E-state index in [1.54, 1.807) is 13.1 Å². The van der Waals surface area contributed by atoms with Crippen molar-refractivity contribution < 1.29 is 4.79 Å². The topological polar surface area (TPSA) is 67.5 Å². The Morgan fingerprint density at radius 3 is 2.50 bits per heavy atom. The van der Waals surface area contributed by atoms with Gasteiger partial charge in [0.05, 0.1) is 0 Å². The van der Waals surface area contributed by atoms with Gasteiger partial charge in [-0.05, 0) is 12.0 Å². The number of carbonyl (C=O) groups excluding carboxylic acids is 1. The molecule has 0 radical (unpaired) electrons. The first kappa shape index (κ1) is 10.7. The van der Waals surface area contributed by atoms with Crippen LogP contribution in [0.4, 0.5) is 0 Å². The van der Waals surface area contributed by atoms with Crippen LogP contribution in [-0.4, -0.2) is 19.3 Å². The number of amidine groups is 1. The Morgan fingerprint density at radius 1 is 1.58 bits per heavy atom. The molecule has 0 atom stereocenters. The van der Waals surface area contributed by atoms with E-state index in [0.717, 1.165) is 5.70 Å². The van der Waals surface area contributed by atoms with Crippen LogP contribution in [0.3, 0.4) is 0 Å². The second-order valence-corrected chi connectivity index (χ2v) is 2.66. The van der Waals surface area contributed by atoms with Gasteiger partial charge in [-0.2, -0.15) is 4.99 Å². The fraction of sp³-hybridized carbons (Fsp3) is 0.500. The Kier molecular flexibility index (Phi) is 4.76. The summed E-state index contributed by atoms with van der Waals surface area (Å²) in [6, 6.07) is 0. The quantitative estimate of drug-likeness (QED) is 0.360. The third kappa shape index (κ3) is 3.75. The van der Waals surface area contributed by atoms with Gasteiger partial charge in [0, 0.05) is 12.7 Å². The molecule has 0 aliphatic rings. The highest BCUT2D eigenvalue weighted by Gasteiger charge is 1.99. The van der Waals surface area contributed by atoms with E-state index >= 15 is 0 Å². The third-order valence-corrected chi connectivity index (χ3v) is 1.42. The molecule has 68 valence electrons. The van der Waals surface area contributed by atoms with Crippen LogP contribution in [0.1, 0.15) is 13.8 Å². The molecule has 0 aliphatic heterocycles. The average molecular weight is 169 g/mol. The summed E-state index contributed by atoms with van der Waals surface area (Å²) in [7, 11) is 1.81. The molecule has 0 saturated heterocycles. The SMILES string of the molecule is CN/C(=C\C(N)=NC=O)C(C)C. The molecule has 0 bridgehead atoms. The standard InChI is InChI=1S/C8H15N3O/c1-6(2)7(10-3)4-8(9)11-5-12/h4-6,10H,1-3H3,(H2,9,11,12)/b7-4-. The Labute approximate surface area is 72.6 Å². The molecule has 0 saturated carbocycles. The van der Waals surface area contributed by atoms with Crippen molar-refractivity contribution in [3.63, 3.8) is 0 Å². The van der Waals surface area contributed by atoms with E-state index < -0.39 is 0 Å². The molecular weight excluding hydrogens is 154 g/mol. The number of nitrogens with one attached hydrogen (secondary N) is 1. The summed E-state index contributed by atoms with van der Waals surface area (Å²) in [5, 5.41) is 2.98. The van der Waals surface area contributed by atoms with Crippen LogP contribution in [0.5, 0.6) is 0 Å². The highest BCUT2D eigenvalue weighted by atomic mass is 16.1. The van der Waals surface area contributed by atoms with E-state index in [1.165, 1.54) is 0 Å². The maximum Gasteiger partial charge on any atom is 0.234 e. The second-order valence-electron chi connectivity index (χ2n) is 2.66. The number of carbonyl (C=O) groups is 1. The lowest BCUT2D eigenvalue weighted by atomic mass is 10.1. The van der Waals surface area contributed by atoms with Crippen LogP contribution in [0.25, 0.3) is 0 Å². The lowest BCUT2D eigenvalue weighted by Crippen LogP contribution is -2.17. The molecule has 0 unspecified atom stereocenters. The smallest absolute Gasteiger partial charge is 0.234 e. The third-order valence-electron chi connectivity index (χ3n) is 1.42. The predicted octanol–water partition coefficient (Wildman–Crippen LogP) is 0.259. The van der Waals surface area contributed by atoms with Gasteiger partial charge in [0.15, 0.2) is 0 Å². The Bertz CT molecular complexity index is 206. The van der Waals surface area contributed by atoms with Gasteiger partial charge < -0.3 is 11.1 Å². The Balaban J connectivity index is 4.48. The van der Waals surface area contributed by atoms with Crippen molar-refractivity contribution in [2.24, 2.45) is 16.6 Å². The van der Waals surface area contributed by atoms with Gasteiger partial charge in [0.2, 0.25) is 6.41 Å². The van der Waals surface area contributed by atoms with Crippen LogP contribution >= 0.6 is 0 Å². The minimum Gasteiger partial charge on any atom is -0.391 e. The lowest BCUT2D eigenvalue weighted by molar-refractivity contribution is -0.106. The number of hydrogen-bond acceptors (Lipinski definition) is 2. The maximum atomic E-state index is 9.94. The molecule has 0 aliphatic carbocycles. The molecule has 0 aromatic rings. The van der Waals surface area contributed by atoms with Crippen molar-refractivity contribution in [2.75, 3.05) is 7.05 Å². The van der Waals surface area contributed by atoms with Gasteiger partial charge in [-0.15, -0.1) is 0 Å². The summed E-state index contributed by atoms with van der Waals surface area (Å²) in [6.07, 6.45) is 2.08. The number of allylic oxidation sites excluding steroid dienone is 1. The molecule has 0 rings (SSSR count). The number of nitrogens with two attached hydrogens (primary N) is 1. The average Bonchev–Trinajstić information content (AvgIpc) is 2.00. The monoisotopic (exact) mass is 169 g/mol. The largest absolute Gasteiger partial charge is 0.391 e. The number of rotatable bonds is 4. The van der Waals surface area contributed by atoms with Gasteiger partial charge in [-0.25, -0.2) is 0 Å². The van der Waals surface area contributed by atoms with Gasteiger partial charge in [-0.3, -0.25) is 4.79 Å². The van der Waals surface area contributed by atoms with Gasteiger partial charge in [0.1, 0.15) is 5.84 Å². The van der Waals surface area contributed by atoms with Crippen LogP contribution in [-0.2, 0) is 4.79 Å². The number of nitrogens with zero attached hydrogens (tertiary/aromatic N) is 1. The van der Waals surface area contributed by atoms with Gasteiger partial charge >= 0.3 is 0 Å². The van der Waals surface area contributed by atoms with E-state index in [-0.39, 0.29) is 5.84 Å². The first-order valence-electron chi connectivity index (χ1n) is 3.78. The fourth-order valence-corrected chi connectivity index (χ4v) is 0.785. The molecule has 4 nitrogen and oxygen atoms in total.